The Hall–Kier alpha value is -2.87. The van der Waals surface area contributed by atoms with E-state index in [0.29, 0.717) is 18.8 Å². The van der Waals surface area contributed by atoms with Crippen LogP contribution in [0.3, 0.4) is 0 Å². The zero-order valence-electron chi connectivity index (χ0n) is 16.5. The molecule has 0 bridgehead atoms. The third-order valence-corrected chi connectivity index (χ3v) is 5.45. The zero-order chi connectivity index (χ0) is 20.2. The van der Waals surface area contributed by atoms with Crippen LogP contribution in [0.1, 0.15) is 25.7 Å². The number of hydrogen-bond acceptors (Lipinski definition) is 5. The summed E-state index contributed by atoms with van der Waals surface area (Å²) in [5, 5.41) is 7.21. The second kappa shape index (κ2) is 8.65. The Morgan fingerprint density at radius 3 is 2.86 bits per heavy atom. The molecule has 2 unspecified atom stereocenters. The van der Waals surface area contributed by atoms with E-state index in [1.165, 1.54) is 6.42 Å². The molecular weight excluding hydrogens is 372 g/mol. The van der Waals surface area contributed by atoms with Crippen LogP contribution < -0.4 is 15.0 Å². The van der Waals surface area contributed by atoms with E-state index in [9.17, 15) is 9.59 Å². The molecular formula is C21H26N4O4. The standard InChI is InChI=1S/C21H26N4O4/c1-28-18-7-5-17(6-8-18)25-12-15(10-20(25)26)21(27)23-16-11-22-24(13-16)14-19-4-2-3-9-29-19/h5-8,11,13,15,19H,2-4,9-10,12,14H2,1H3,(H,23,27). The topological polar surface area (TPSA) is 85.7 Å². The summed E-state index contributed by atoms with van der Waals surface area (Å²) in [6, 6.07) is 7.27. The smallest absolute Gasteiger partial charge is 0.229 e. The Morgan fingerprint density at radius 1 is 1.31 bits per heavy atom. The second-order valence-electron chi connectivity index (χ2n) is 7.53. The molecule has 29 heavy (non-hydrogen) atoms. The normalized spacial score (nSPS) is 22.0. The van der Waals surface area contributed by atoms with Gasteiger partial charge < -0.3 is 19.7 Å². The summed E-state index contributed by atoms with van der Waals surface area (Å²) in [5.74, 6) is 0.114. The number of nitrogens with one attached hydrogen (secondary N) is 1. The average Bonchev–Trinajstić information content (AvgIpc) is 3.35. The quantitative estimate of drug-likeness (QED) is 0.808. The SMILES string of the molecule is COc1ccc(N2CC(C(=O)Nc3cnn(CC4CCCCO4)c3)CC2=O)cc1. The molecule has 2 aromatic rings. The van der Waals surface area contributed by atoms with E-state index in [1.54, 1.807) is 35.0 Å². The first-order valence-corrected chi connectivity index (χ1v) is 10.0. The van der Waals surface area contributed by atoms with Gasteiger partial charge in [0.25, 0.3) is 0 Å². The minimum absolute atomic E-state index is 0.0551. The Labute approximate surface area is 169 Å². The molecule has 2 aliphatic rings. The highest BCUT2D eigenvalue weighted by Gasteiger charge is 2.35. The summed E-state index contributed by atoms with van der Waals surface area (Å²) >= 11 is 0. The number of ether oxygens (including phenoxy) is 2. The fraction of sp³-hybridized carbons (Fsp3) is 0.476. The summed E-state index contributed by atoms with van der Waals surface area (Å²) < 4.78 is 12.7. The number of carbonyl (C=O) groups is 2. The van der Waals surface area contributed by atoms with E-state index < -0.39 is 5.92 Å². The number of aromatic nitrogens is 2. The molecule has 4 rings (SSSR count). The van der Waals surface area contributed by atoms with Crippen molar-refractivity contribution in [2.24, 2.45) is 5.92 Å². The predicted octanol–water partition coefficient (Wildman–Crippen LogP) is 2.45. The first-order chi connectivity index (χ1) is 14.1. The van der Waals surface area contributed by atoms with Crippen LogP contribution in [0, 0.1) is 5.92 Å². The molecule has 2 amide bonds. The maximum Gasteiger partial charge on any atom is 0.229 e. The molecule has 8 nitrogen and oxygen atoms in total. The molecule has 8 heteroatoms. The van der Waals surface area contributed by atoms with Gasteiger partial charge >= 0.3 is 0 Å². The van der Waals surface area contributed by atoms with Gasteiger partial charge in [0.05, 0.1) is 37.6 Å². The third kappa shape index (κ3) is 4.59. The molecule has 3 heterocycles. The average molecular weight is 398 g/mol. The van der Waals surface area contributed by atoms with Gasteiger partial charge in [-0.1, -0.05) is 0 Å². The van der Waals surface area contributed by atoms with Crippen LogP contribution in [0.25, 0.3) is 0 Å². The molecule has 1 aromatic heterocycles. The molecule has 0 spiro atoms. The Bertz CT molecular complexity index is 858. The number of anilines is 2. The van der Waals surface area contributed by atoms with Crippen LogP contribution >= 0.6 is 0 Å². The van der Waals surface area contributed by atoms with E-state index in [1.807, 2.05) is 18.3 Å². The lowest BCUT2D eigenvalue weighted by atomic mass is 10.1. The Balaban J connectivity index is 1.33. The number of benzene rings is 1. The van der Waals surface area contributed by atoms with Gasteiger partial charge in [-0.15, -0.1) is 0 Å². The molecule has 0 aliphatic carbocycles. The van der Waals surface area contributed by atoms with Gasteiger partial charge in [0.15, 0.2) is 0 Å². The molecule has 2 aliphatic heterocycles. The van der Waals surface area contributed by atoms with E-state index in [4.69, 9.17) is 9.47 Å². The van der Waals surface area contributed by atoms with Crippen molar-refractivity contribution in [3.05, 3.63) is 36.7 Å². The van der Waals surface area contributed by atoms with E-state index in [-0.39, 0.29) is 24.3 Å². The lowest BCUT2D eigenvalue weighted by molar-refractivity contribution is -0.122. The summed E-state index contributed by atoms with van der Waals surface area (Å²) in [7, 11) is 1.60. The largest absolute Gasteiger partial charge is 0.497 e. The second-order valence-corrected chi connectivity index (χ2v) is 7.53. The molecule has 1 N–H and O–H groups in total. The van der Waals surface area contributed by atoms with Crippen molar-refractivity contribution in [3.63, 3.8) is 0 Å². The summed E-state index contributed by atoms with van der Waals surface area (Å²) in [6.45, 7) is 1.85. The lowest BCUT2D eigenvalue weighted by Gasteiger charge is -2.22. The molecule has 1 aromatic carbocycles. The van der Waals surface area contributed by atoms with Gasteiger partial charge in [-0.25, -0.2) is 0 Å². The predicted molar refractivity (Wildman–Crippen MR) is 108 cm³/mol. The van der Waals surface area contributed by atoms with Crippen LogP contribution in [-0.2, 0) is 20.9 Å². The van der Waals surface area contributed by atoms with Gasteiger partial charge in [-0.2, -0.15) is 5.10 Å². The van der Waals surface area contributed by atoms with Gasteiger partial charge in [-0.3, -0.25) is 14.3 Å². The van der Waals surface area contributed by atoms with Gasteiger partial charge in [0.1, 0.15) is 5.75 Å². The molecule has 2 fully saturated rings. The highest BCUT2D eigenvalue weighted by atomic mass is 16.5. The number of amides is 2. The van der Waals surface area contributed by atoms with Crippen molar-refractivity contribution in [2.75, 3.05) is 30.5 Å². The minimum atomic E-state index is -0.394. The number of carbonyl (C=O) groups excluding carboxylic acids is 2. The monoisotopic (exact) mass is 398 g/mol. The van der Waals surface area contributed by atoms with Crippen LogP contribution in [0.4, 0.5) is 11.4 Å². The molecule has 154 valence electrons. The molecule has 2 atom stereocenters. The van der Waals surface area contributed by atoms with E-state index in [0.717, 1.165) is 30.9 Å². The van der Waals surface area contributed by atoms with Crippen molar-refractivity contribution in [3.8, 4) is 5.75 Å². The van der Waals surface area contributed by atoms with Crippen molar-refractivity contribution in [2.45, 2.75) is 38.3 Å². The van der Waals surface area contributed by atoms with Crippen molar-refractivity contribution >= 4 is 23.2 Å². The minimum Gasteiger partial charge on any atom is -0.497 e. The maximum atomic E-state index is 12.7. The number of rotatable bonds is 6. The zero-order valence-corrected chi connectivity index (χ0v) is 16.5. The number of nitrogens with zero attached hydrogens (tertiary/aromatic N) is 3. The lowest BCUT2D eigenvalue weighted by Crippen LogP contribution is -2.28. The van der Waals surface area contributed by atoms with E-state index in [2.05, 4.69) is 10.4 Å². The third-order valence-electron chi connectivity index (χ3n) is 5.45. The highest BCUT2D eigenvalue weighted by molar-refractivity contribution is 6.03. The Kier molecular flexibility index (Phi) is 5.80. The van der Waals surface area contributed by atoms with Gasteiger partial charge in [-0.05, 0) is 43.5 Å². The van der Waals surface area contributed by atoms with Gasteiger partial charge in [0, 0.05) is 31.5 Å². The highest BCUT2D eigenvalue weighted by Crippen LogP contribution is 2.27. The number of methoxy groups -OCH3 is 1. The van der Waals surface area contributed by atoms with E-state index >= 15 is 0 Å². The first-order valence-electron chi connectivity index (χ1n) is 10.0. The molecule has 0 radical (unpaired) electrons. The van der Waals surface area contributed by atoms with Crippen LogP contribution in [0.15, 0.2) is 36.7 Å². The summed E-state index contributed by atoms with van der Waals surface area (Å²) in [5.41, 5.74) is 1.41. The number of hydrogen-bond donors (Lipinski definition) is 1. The van der Waals surface area contributed by atoms with Crippen molar-refractivity contribution in [1.29, 1.82) is 0 Å². The maximum absolute atomic E-state index is 12.7. The van der Waals surface area contributed by atoms with Crippen LogP contribution in [0.2, 0.25) is 0 Å². The van der Waals surface area contributed by atoms with Crippen molar-refractivity contribution < 1.29 is 19.1 Å². The summed E-state index contributed by atoms with van der Waals surface area (Å²) in [4.78, 5) is 26.7. The van der Waals surface area contributed by atoms with Gasteiger partial charge in [0.2, 0.25) is 11.8 Å². The van der Waals surface area contributed by atoms with Crippen LogP contribution in [0.5, 0.6) is 5.75 Å². The van der Waals surface area contributed by atoms with Crippen LogP contribution in [-0.4, -0.2) is 48.0 Å². The fourth-order valence-corrected chi connectivity index (χ4v) is 3.83. The summed E-state index contributed by atoms with van der Waals surface area (Å²) in [6.07, 6.45) is 7.15. The fourth-order valence-electron chi connectivity index (χ4n) is 3.83. The molecule has 0 saturated carbocycles. The molecule has 2 saturated heterocycles. The first kappa shape index (κ1) is 19.4. The van der Waals surface area contributed by atoms with Crippen molar-refractivity contribution in [1.82, 2.24) is 9.78 Å². The Morgan fingerprint density at radius 2 is 2.14 bits per heavy atom.